The van der Waals surface area contributed by atoms with E-state index in [1.807, 2.05) is 24.3 Å². The van der Waals surface area contributed by atoms with E-state index in [1.54, 1.807) is 13.8 Å². The lowest BCUT2D eigenvalue weighted by atomic mass is 9.97. The number of nitro benzene ring substituents is 1. The Bertz CT molecular complexity index is 906. The van der Waals surface area contributed by atoms with Crippen molar-refractivity contribution in [2.75, 3.05) is 0 Å². The van der Waals surface area contributed by atoms with Gasteiger partial charge in [-0.3, -0.25) is 10.1 Å². The van der Waals surface area contributed by atoms with Crippen molar-refractivity contribution in [3.63, 3.8) is 0 Å². The molecule has 0 saturated carbocycles. The molecule has 0 spiro atoms. The molecule has 0 heterocycles. The average Bonchev–Trinajstić information content (AvgIpc) is 2.53. The van der Waals surface area contributed by atoms with Crippen LogP contribution in [0.4, 0.5) is 5.69 Å². The van der Waals surface area contributed by atoms with Crippen molar-refractivity contribution in [3.8, 4) is 0 Å². The third-order valence-electron chi connectivity index (χ3n) is 3.97. The Hall–Kier alpha value is -2.25. The molecule has 0 unspecified atom stereocenters. The molecule has 0 fully saturated rings. The minimum Gasteiger partial charge on any atom is -0.258 e. The van der Waals surface area contributed by atoms with Crippen molar-refractivity contribution in [1.29, 1.82) is 0 Å². The second kappa shape index (κ2) is 7.97. The molecule has 0 aliphatic rings. The smallest absolute Gasteiger partial charge is 0.258 e. The molecule has 1 N–H and O–H groups in total. The molecule has 6 nitrogen and oxygen atoms in total. The summed E-state index contributed by atoms with van der Waals surface area (Å²) in [6.45, 7) is 7.57. The molecular formula is C19H24N2O4S. The van der Waals surface area contributed by atoms with Crippen LogP contribution in [0.5, 0.6) is 0 Å². The van der Waals surface area contributed by atoms with Gasteiger partial charge in [-0.05, 0) is 37.0 Å². The Kier molecular flexibility index (Phi) is 6.15. The van der Waals surface area contributed by atoms with Crippen LogP contribution in [0, 0.1) is 10.1 Å². The molecule has 2 aromatic carbocycles. The van der Waals surface area contributed by atoms with Gasteiger partial charge in [0.1, 0.15) is 0 Å². The van der Waals surface area contributed by atoms with Gasteiger partial charge < -0.3 is 0 Å². The van der Waals surface area contributed by atoms with Crippen molar-refractivity contribution in [1.82, 2.24) is 4.72 Å². The van der Waals surface area contributed by atoms with Crippen molar-refractivity contribution in [3.05, 3.63) is 69.3 Å². The molecule has 0 aliphatic heterocycles. The number of nitrogens with one attached hydrogen (secondary N) is 1. The van der Waals surface area contributed by atoms with Crippen LogP contribution in [0.2, 0.25) is 0 Å². The van der Waals surface area contributed by atoms with E-state index in [-0.39, 0.29) is 16.6 Å². The van der Waals surface area contributed by atoms with Gasteiger partial charge in [0, 0.05) is 24.1 Å². The molecule has 26 heavy (non-hydrogen) atoms. The van der Waals surface area contributed by atoms with E-state index in [4.69, 9.17) is 0 Å². The molecule has 0 radical (unpaired) electrons. The van der Waals surface area contributed by atoms with Crippen LogP contribution < -0.4 is 4.72 Å². The molecule has 0 bridgehead atoms. The van der Waals surface area contributed by atoms with Crippen LogP contribution in [0.1, 0.15) is 50.3 Å². The molecule has 2 rings (SSSR count). The maximum Gasteiger partial charge on any atom is 0.274 e. The fourth-order valence-corrected chi connectivity index (χ4v) is 3.96. The third-order valence-corrected chi connectivity index (χ3v) is 5.62. The van der Waals surface area contributed by atoms with E-state index in [9.17, 15) is 18.5 Å². The molecule has 2 aromatic rings. The molecule has 0 atom stereocenters. The van der Waals surface area contributed by atoms with Crippen LogP contribution >= 0.6 is 0 Å². The minimum absolute atomic E-state index is 0.0995. The van der Waals surface area contributed by atoms with Gasteiger partial charge in [-0.2, -0.15) is 0 Å². The summed E-state index contributed by atoms with van der Waals surface area (Å²) >= 11 is 0. The zero-order valence-corrected chi connectivity index (χ0v) is 16.2. The highest BCUT2D eigenvalue weighted by Gasteiger charge is 2.22. The van der Waals surface area contributed by atoms with E-state index in [0.717, 1.165) is 17.2 Å². The van der Waals surface area contributed by atoms with Gasteiger partial charge in [0.15, 0.2) is 0 Å². The Morgan fingerprint density at radius 2 is 1.77 bits per heavy atom. The first-order valence-corrected chi connectivity index (χ1v) is 9.97. The molecule has 0 aliphatic carbocycles. The summed E-state index contributed by atoms with van der Waals surface area (Å²) in [4.78, 5) is 10.8. The zero-order chi connectivity index (χ0) is 19.5. The average molecular weight is 376 g/mol. The van der Waals surface area contributed by atoms with E-state index < -0.39 is 14.9 Å². The highest BCUT2D eigenvalue weighted by atomic mass is 32.2. The largest absolute Gasteiger partial charge is 0.274 e. The highest BCUT2D eigenvalue weighted by molar-refractivity contribution is 7.89. The van der Waals surface area contributed by atoms with Gasteiger partial charge in [0.05, 0.1) is 9.82 Å². The van der Waals surface area contributed by atoms with E-state index in [0.29, 0.717) is 17.9 Å². The Morgan fingerprint density at radius 1 is 1.08 bits per heavy atom. The summed E-state index contributed by atoms with van der Waals surface area (Å²) in [6.07, 6.45) is 0.370. The van der Waals surface area contributed by atoms with Gasteiger partial charge in [0.2, 0.25) is 10.0 Å². The van der Waals surface area contributed by atoms with Crippen molar-refractivity contribution in [2.45, 2.75) is 51.0 Å². The number of nitro groups is 1. The normalized spacial score (nSPS) is 11.9. The second-order valence-electron chi connectivity index (χ2n) is 6.90. The van der Waals surface area contributed by atoms with Gasteiger partial charge in [-0.25, -0.2) is 13.1 Å². The first-order valence-electron chi connectivity index (χ1n) is 8.48. The van der Waals surface area contributed by atoms with E-state index in [2.05, 4.69) is 18.6 Å². The van der Waals surface area contributed by atoms with Crippen LogP contribution in [0.3, 0.4) is 0 Å². The van der Waals surface area contributed by atoms with Crippen LogP contribution in [0.15, 0.2) is 47.4 Å². The number of benzene rings is 2. The van der Waals surface area contributed by atoms with Gasteiger partial charge in [-0.1, -0.05) is 44.2 Å². The zero-order valence-electron chi connectivity index (χ0n) is 15.4. The Morgan fingerprint density at radius 3 is 2.35 bits per heavy atom. The number of rotatable bonds is 7. The third kappa shape index (κ3) is 4.89. The molecule has 0 aromatic heterocycles. The molecule has 7 heteroatoms. The molecule has 0 saturated heterocycles. The summed E-state index contributed by atoms with van der Waals surface area (Å²) in [5.74, 6) is 0.361. The number of hydrogen-bond acceptors (Lipinski definition) is 4. The van der Waals surface area contributed by atoms with Crippen LogP contribution in [-0.4, -0.2) is 19.4 Å². The van der Waals surface area contributed by atoms with E-state index >= 15 is 0 Å². The number of sulfonamides is 1. The maximum atomic E-state index is 12.3. The standard InChI is InChI=1S/C19H24N2O4S/c1-13(2)16-7-5-6-15(10-16)11-17-8-9-18(12-19(17)21(22)23)26(24,25)20-14(3)4/h5-10,12-14,20H,11H2,1-4H3. The van der Waals surface area contributed by atoms with Crippen molar-refractivity contribution >= 4 is 15.7 Å². The first kappa shape index (κ1) is 20.1. The fraction of sp³-hybridized carbons (Fsp3) is 0.368. The predicted octanol–water partition coefficient (Wildman–Crippen LogP) is 4.00. The van der Waals surface area contributed by atoms with Gasteiger partial charge >= 0.3 is 0 Å². The SMILES string of the molecule is CC(C)NS(=O)(=O)c1ccc(Cc2cccc(C(C)C)c2)c([N+](=O)[O-])c1. The summed E-state index contributed by atoms with van der Waals surface area (Å²) < 4.78 is 27.0. The van der Waals surface area contributed by atoms with Gasteiger partial charge in [-0.15, -0.1) is 0 Å². The number of hydrogen-bond donors (Lipinski definition) is 1. The van der Waals surface area contributed by atoms with Crippen molar-refractivity contribution < 1.29 is 13.3 Å². The van der Waals surface area contributed by atoms with Crippen LogP contribution in [0.25, 0.3) is 0 Å². The lowest BCUT2D eigenvalue weighted by Crippen LogP contribution is -2.30. The lowest BCUT2D eigenvalue weighted by molar-refractivity contribution is -0.385. The summed E-state index contributed by atoms with van der Waals surface area (Å²) in [7, 11) is -3.78. The summed E-state index contributed by atoms with van der Waals surface area (Å²) in [5.41, 5.74) is 2.41. The van der Waals surface area contributed by atoms with E-state index in [1.165, 1.54) is 12.1 Å². The number of nitrogens with zero attached hydrogens (tertiary/aromatic N) is 1. The maximum absolute atomic E-state index is 12.3. The Balaban J connectivity index is 2.41. The quantitative estimate of drug-likeness (QED) is 0.584. The fourth-order valence-electron chi connectivity index (χ4n) is 2.69. The van der Waals surface area contributed by atoms with Crippen LogP contribution in [-0.2, 0) is 16.4 Å². The summed E-state index contributed by atoms with van der Waals surface area (Å²) in [5, 5.41) is 11.5. The predicted molar refractivity (Wildman–Crippen MR) is 102 cm³/mol. The Labute approximate surface area is 154 Å². The molecule has 140 valence electrons. The second-order valence-corrected chi connectivity index (χ2v) is 8.61. The highest BCUT2D eigenvalue weighted by Crippen LogP contribution is 2.26. The first-order chi connectivity index (χ1) is 12.1. The monoisotopic (exact) mass is 376 g/mol. The topological polar surface area (TPSA) is 89.3 Å². The minimum atomic E-state index is -3.78. The molecule has 0 amide bonds. The lowest BCUT2D eigenvalue weighted by Gasteiger charge is -2.11. The molecular weight excluding hydrogens is 352 g/mol. The van der Waals surface area contributed by atoms with Crippen molar-refractivity contribution in [2.24, 2.45) is 0 Å². The summed E-state index contributed by atoms with van der Waals surface area (Å²) in [6, 6.07) is 11.7. The van der Waals surface area contributed by atoms with Gasteiger partial charge in [0.25, 0.3) is 5.69 Å².